The molecule has 2 rings (SSSR count). The molecular formula is C19H31N. The van der Waals surface area contributed by atoms with Crippen LogP contribution < -0.4 is 5.73 Å². The third-order valence-electron chi connectivity index (χ3n) is 5.35. The minimum Gasteiger partial charge on any atom is -0.330 e. The van der Waals surface area contributed by atoms with E-state index in [0.717, 1.165) is 12.5 Å². The zero-order chi connectivity index (χ0) is 14.9. The van der Waals surface area contributed by atoms with Crippen LogP contribution in [0.1, 0.15) is 62.6 Å². The maximum atomic E-state index is 6.07. The topological polar surface area (TPSA) is 26.0 Å². The van der Waals surface area contributed by atoms with Crippen molar-refractivity contribution in [2.45, 2.75) is 59.8 Å². The SMILES string of the molecule is Cc1ccc(C2CC(C(C)(C)C)CCC2CN)c(C)c1. The molecule has 0 radical (unpaired) electrons. The summed E-state index contributed by atoms with van der Waals surface area (Å²) in [5.74, 6) is 2.13. The van der Waals surface area contributed by atoms with Crippen molar-refractivity contribution in [3.05, 3.63) is 34.9 Å². The van der Waals surface area contributed by atoms with E-state index in [9.17, 15) is 0 Å². The van der Waals surface area contributed by atoms with Crippen molar-refractivity contribution < 1.29 is 0 Å². The van der Waals surface area contributed by atoms with Gasteiger partial charge in [0.1, 0.15) is 0 Å². The van der Waals surface area contributed by atoms with Crippen LogP contribution in [-0.4, -0.2) is 6.54 Å². The first kappa shape index (κ1) is 15.6. The van der Waals surface area contributed by atoms with E-state index in [1.807, 2.05) is 0 Å². The lowest BCUT2D eigenvalue weighted by Gasteiger charge is -2.42. The third-order valence-corrected chi connectivity index (χ3v) is 5.35. The quantitative estimate of drug-likeness (QED) is 0.822. The van der Waals surface area contributed by atoms with Gasteiger partial charge in [0, 0.05) is 0 Å². The summed E-state index contributed by atoms with van der Waals surface area (Å²) < 4.78 is 0. The Balaban J connectivity index is 2.29. The summed E-state index contributed by atoms with van der Waals surface area (Å²) in [6.45, 7) is 12.4. The third kappa shape index (κ3) is 3.25. The fourth-order valence-electron chi connectivity index (χ4n) is 3.92. The number of hydrogen-bond acceptors (Lipinski definition) is 1. The van der Waals surface area contributed by atoms with Gasteiger partial charge in [0.2, 0.25) is 0 Å². The van der Waals surface area contributed by atoms with E-state index in [0.29, 0.717) is 17.3 Å². The van der Waals surface area contributed by atoms with Crippen molar-refractivity contribution in [1.29, 1.82) is 0 Å². The molecule has 112 valence electrons. The Morgan fingerprint density at radius 2 is 1.85 bits per heavy atom. The number of hydrogen-bond donors (Lipinski definition) is 1. The molecule has 1 aliphatic carbocycles. The predicted molar refractivity (Wildman–Crippen MR) is 88.0 cm³/mol. The van der Waals surface area contributed by atoms with E-state index in [1.165, 1.54) is 30.4 Å². The lowest BCUT2D eigenvalue weighted by Crippen LogP contribution is -2.34. The van der Waals surface area contributed by atoms with Crippen molar-refractivity contribution in [2.24, 2.45) is 23.0 Å². The van der Waals surface area contributed by atoms with E-state index >= 15 is 0 Å². The molecule has 1 aromatic rings. The van der Waals surface area contributed by atoms with Crippen LogP contribution in [0.15, 0.2) is 18.2 Å². The highest BCUT2D eigenvalue weighted by Crippen LogP contribution is 2.47. The summed E-state index contributed by atoms with van der Waals surface area (Å²) >= 11 is 0. The molecule has 1 aliphatic rings. The summed E-state index contributed by atoms with van der Waals surface area (Å²) in [7, 11) is 0. The van der Waals surface area contributed by atoms with Crippen LogP contribution in [0.25, 0.3) is 0 Å². The second kappa shape index (κ2) is 5.89. The molecule has 0 spiro atoms. The van der Waals surface area contributed by atoms with Crippen molar-refractivity contribution in [3.63, 3.8) is 0 Å². The van der Waals surface area contributed by atoms with Gasteiger partial charge in [-0.05, 0) is 74.0 Å². The summed E-state index contributed by atoms with van der Waals surface area (Å²) in [4.78, 5) is 0. The first-order chi connectivity index (χ1) is 9.32. The molecule has 20 heavy (non-hydrogen) atoms. The normalized spacial score (nSPS) is 27.6. The lowest BCUT2D eigenvalue weighted by molar-refractivity contribution is 0.133. The molecule has 3 atom stereocenters. The first-order valence-electron chi connectivity index (χ1n) is 8.10. The standard InChI is InChI=1S/C19H31N/c1-13-6-9-17(14(2)10-13)18-11-16(19(3,4)5)8-7-15(18)12-20/h6,9-10,15-16,18H,7-8,11-12,20H2,1-5H3. The van der Waals surface area contributed by atoms with Gasteiger partial charge in [-0.1, -0.05) is 44.5 Å². The highest BCUT2D eigenvalue weighted by Gasteiger charge is 2.36. The van der Waals surface area contributed by atoms with Gasteiger partial charge in [0.05, 0.1) is 0 Å². The Morgan fingerprint density at radius 1 is 1.15 bits per heavy atom. The monoisotopic (exact) mass is 273 g/mol. The molecule has 1 saturated carbocycles. The van der Waals surface area contributed by atoms with Crippen molar-refractivity contribution in [2.75, 3.05) is 6.54 Å². The van der Waals surface area contributed by atoms with E-state index < -0.39 is 0 Å². The highest BCUT2D eigenvalue weighted by molar-refractivity contribution is 5.34. The Hall–Kier alpha value is -0.820. The molecule has 0 bridgehead atoms. The maximum absolute atomic E-state index is 6.07. The fraction of sp³-hybridized carbons (Fsp3) is 0.684. The minimum absolute atomic E-state index is 0.413. The Kier molecular flexibility index (Phi) is 4.59. The van der Waals surface area contributed by atoms with Crippen LogP contribution in [0.3, 0.4) is 0 Å². The Morgan fingerprint density at radius 3 is 2.40 bits per heavy atom. The molecular weight excluding hydrogens is 242 g/mol. The molecule has 1 heteroatoms. The van der Waals surface area contributed by atoms with Gasteiger partial charge in [0.25, 0.3) is 0 Å². The minimum atomic E-state index is 0.413. The van der Waals surface area contributed by atoms with Crippen LogP contribution in [0.4, 0.5) is 0 Å². The largest absolute Gasteiger partial charge is 0.330 e. The molecule has 1 nitrogen and oxygen atoms in total. The van der Waals surface area contributed by atoms with Crippen LogP contribution in [0, 0.1) is 31.1 Å². The van der Waals surface area contributed by atoms with Crippen molar-refractivity contribution in [1.82, 2.24) is 0 Å². The molecule has 0 aromatic heterocycles. The number of rotatable bonds is 2. The molecule has 1 aromatic carbocycles. The molecule has 3 unspecified atom stereocenters. The number of nitrogens with two attached hydrogens (primary N) is 1. The number of aryl methyl sites for hydroxylation is 2. The van der Waals surface area contributed by atoms with Gasteiger partial charge < -0.3 is 5.73 Å². The van der Waals surface area contributed by atoms with Gasteiger partial charge in [-0.3, -0.25) is 0 Å². The lowest BCUT2D eigenvalue weighted by atomic mass is 9.63. The van der Waals surface area contributed by atoms with Crippen LogP contribution in [-0.2, 0) is 0 Å². The second-order valence-corrected chi connectivity index (χ2v) is 7.84. The predicted octanol–water partition coefficient (Wildman–Crippen LogP) is 4.81. The first-order valence-corrected chi connectivity index (χ1v) is 8.10. The van der Waals surface area contributed by atoms with Gasteiger partial charge in [-0.2, -0.15) is 0 Å². The summed E-state index contributed by atoms with van der Waals surface area (Å²) in [5.41, 5.74) is 10.8. The van der Waals surface area contributed by atoms with Gasteiger partial charge in [-0.15, -0.1) is 0 Å². The Labute approximate surface area is 125 Å². The smallest absolute Gasteiger partial charge is 0.00430 e. The van der Waals surface area contributed by atoms with Gasteiger partial charge in [0.15, 0.2) is 0 Å². The summed E-state index contributed by atoms with van der Waals surface area (Å²) in [6, 6.07) is 6.93. The van der Waals surface area contributed by atoms with E-state index in [-0.39, 0.29) is 0 Å². The van der Waals surface area contributed by atoms with Gasteiger partial charge in [-0.25, -0.2) is 0 Å². The van der Waals surface area contributed by atoms with Crippen molar-refractivity contribution in [3.8, 4) is 0 Å². The molecule has 0 aliphatic heterocycles. The molecule has 1 fully saturated rings. The van der Waals surface area contributed by atoms with Crippen LogP contribution in [0.5, 0.6) is 0 Å². The zero-order valence-electron chi connectivity index (χ0n) is 13.9. The zero-order valence-corrected chi connectivity index (χ0v) is 13.9. The summed E-state index contributed by atoms with van der Waals surface area (Å²) in [5, 5.41) is 0. The second-order valence-electron chi connectivity index (χ2n) is 7.84. The highest BCUT2D eigenvalue weighted by atomic mass is 14.6. The summed E-state index contributed by atoms with van der Waals surface area (Å²) in [6.07, 6.45) is 3.93. The Bertz CT molecular complexity index is 455. The molecule has 2 N–H and O–H groups in total. The molecule has 0 saturated heterocycles. The van der Waals surface area contributed by atoms with E-state index in [1.54, 1.807) is 5.56 Å². The van der Waals surface area contributed by atoms with E-state index in [2.05, 4.69) is 52.8 Å². The van der Waals surface area contributed by atoms with Crippen LogP contribution >= 0.6 is 0 Å². The van der Waals surface area contributed by atoms with E-state index in [4.69, 9.17) is 5.73 Å². The molecule has 0 heterocycles. The molecule has 0 amide bonds. The average molecular weight is 273 g/mol. The van der Waals surface area contributed by atoms with Crippen LogP contribution in [0.2, 0.25) is 0 Å². The fourth-order valence-corrected chi connectivity index (χ4v) is 3.92. The van der Waals surface area contributed by atoms with Crippen molar-refractivity contribution >= 4 is 0 Å². The average Bonchev–Trinajstić information content (AvgIpc) is 2.37. The van der Waals surface area contributed by atoms with Gasteiger partial charge >= 0.3 is 0 Å². The number of benzene rings is 1. The maximum Gasteiger partial charge on any atom is -0.00430 e.